The molecule has 0 atom stereocenters. The van der Waals surface area contributed by atoms with E-state index in [0.29, 0.717) is 18.8 Å². The third-order valence-corrected chi connectivity index (χ3v) is 6.06. The first-order chi connectivity index (χ1) is 14.0. The van der Waals surface area contributed by atoms with Gasteiger partial charge in [-0.2, -0.15) is 0 Å². The Kier molecular flexibility index (Phi) is 4.08. The molecule has 2 aromatic carbocycles. The third-order valence-electron chi connectivity index (χ3n) is 6.06. The molecule has 0 unspecified atom stereocenters. The molecule has 1 aliphatic heterocycles. The van der Waals surface area contributed by atoms with Gasteiger partial charge >= 0.3 is 5.69 Å². The topological polar surface area (TPSA) is 73.9 Å². The van der Waals surface area contributed by atoms with E-state index in [2.05, 4.69) is 35.9 Å². The van der Waals surface area contributed by atoms with Crippen LogP contribution in [0, 0.1) is 13.8 Å². The number of piperidine rings is 1. The van der Waals surface area contributed by atoms with Gasteiger partial charge in [-0.15, -0.1) is 0 Å². The van der Waals surface area contributed by atoms with Gasteiger partial charge in [0.15, 0.2) is 0 Å². The van der Waals surface area contributed by atoms with E-state index in [1.807, 2.05) is 39.8 Å². The minimum Gasteiger partial charge on any atom is -0.351 e. The van der Waals surface area contributed by atoms with Crippen molar-refractivity contribution < 1.29 is 4.79 Å². The fourth-order valence-electron chi connectivity index (χ4n) is 4.65. The zero-order valence-electron chi connectivity index (χ0n) is 16.7. The minimum absolute atomic E-state index is 0.0305. The summed E-state index contributed by atoms with van der Waals surface area (Å²) in [5.41, 5.74) is 5.72. The second-order valence-corrected chi connectivity index (χ2v) is 8.07. The minimum atomic E-state index is -0.0718. The molecule has 6 nitrogen and oxygen atoms in total. The number of amides is 1. The van der Waals surface area contributed by atoms with Gasteiger partial charge in [-0.3, -0.25) is 9.36 Å². The number of rotatable bonds is 2. The Labute approximate surface area is 168 Å². The fourth-order valence-corrected chi connectivity index (χ4v) is 4.65. The van der Waals surface area contributed by atoms with Crippen LogP contribution in [0.5, 0.6) is 0 Å². The molecule has 148 valence electrons. The number of aromatic nitrogens is 3. The number of fused-ring (bicyclic) bond motifs is 2. The van der Waals surface area contributed by atoms with E-state index in [1.165, 1.54) is 11.1 Å². The lowest BCUT2D eigenvalue weighted by Gasteiger charge is -2.32. The molecule has 29 heavy (non-hydrogen) atoms. The number of imidazole rings is 1. The zero-order chi connectivity index (χ0) is 20.1. The summed E-state index contributed by atoms with van der Waals surface area (Å²) >= 11 is 0. The Morgan fingerprint density at radius 2 is 1.76 bits per heavy atom. The maximum Gasteiger partial charge on any atom is 0.326 e. The predicted molar refractivity (Wildman–Crippen MR) is 115 cm³/mol. The van der Waals surface area contributed by atoms with Crippen LogP contribution in [-0.4, -0.2) is 38.4 Å². The van der Waals surface area contributed by atoms with Gasteiger partial charge in [0.2, 0.25) is 0 Å². The summed E-state index contributed by atoms with van der Waals surface area (Å²) in [6.45, 7) is 5.42. The molecule has 0 spiro atoms. The Bertz CT molecular complexity index is 1290. The normalized spacial score (nSPS) is 15.4. The molecule has 5 rings (SSSR count). The van der Waals surface area contributed by atoms with Crippen molar-refractivity contribution in [2.45, 2.75) is 32.7 Å². The van der Waals surface area contributed by atoms with Gasteiger partial charge in [-0.05, 0) is 62.1 Å². The Morgan fingerprint density at radius 1 is 1.00 bits per heavy atom. The van der Waals surface area contributed by atoms with Gasteiger partial charge in [0.1, 0.15) is 5.69 Å². The highest BCUT2D eigenvalue weighted by Gasteiger charge is 2.27. The first kappa shape index (κ1) is 17.8. The van der Waals surface area contributed by atoms with Crippen molar-refractivity contribution in [1.82, 2.24) is 19.4 Å². The molecule has 4 aromatic rings. The highest BCUT2D eigenvalue weighted by atomic mass is 16.2. The maximum absolute atomic E-state index is 13.1. The lowest BCUT2D eigenvalue weighted by Crippen LogP contribution is -2.40. The fraction of sp³-hybridized carbons (Fsp3) is 0.304. The average molecular weight is 388 g/mol. The van der Waals surface area contributed by atoms with E-state index in [-0.39, 0.29) is 17.6 Å². The third kappa shape index (κ3) is 2.95. The zero-order valence-corrected chi connectivity index (χ0v) is 16.7. The summed E-state index contributed by atoms with van der Waals surface area (Å²) < 4.78 is 1.85. The van der Waals surface area contributed by atoms with Crippen molar-refractivity contribution in [3.8, 4) is 0 Å². The second kappa shape index (κ2) is 6.65. The number of nitrogens with one attached hydrogen (secondary N) is 2. The Balaban J connectivity index is 1.36. The first-order valence-corrected chi connectivity index (χ1v) is 10.1. The molecule has 1 aliphatic rings. The van der Waals surface area contributed by atoms with Crippen molar-refractivity contribution >= 4 is 27.8 Å². The molecule has 0 saturated carbocycles. The van der Waals surface area contributed by atoms with E-state index < -0.39 is 0 Å². The van der Waals surface area contributed by atoms with Gasteiger partial charge in [0, 0.05) is 30.0 Å². The van der Waals surface area contributed by atoms with Crippen molar-refractivity contribution in [1.29, 1.82) is 0 Å². The maximum atomic E-state index is 13.1. The van der Waals surface area contributed by atoms with E-state index in [4.69, 9.17) is 0 Å². The van der Waals surface area contributed by atoms with Crippen molar-refractivity contribution in [2.75, 3.05) is 13.1 Å². The number of nitrogens with zero attached hydrogens (tertiary/aromatic N) is 2. The summed E-state index contributed by atoms with van der Waals surface area (Å²) in [6.07, 6.45) is 1.54. The number of para-hydroxylation sites is 2. The van der Waals surface area contributed by atoms with Crippen LogP contribution < -0.4 is 5.69 Å². The van der Waals surface area contributed by atoms with Crippen LogP contribution in [-0.2, 0) is 0 Å². The smallest absolute Gasteiger partial charge is 0.326 e. The van der Waals surface area contributed by atoms with Crippen LogP contribution in [0.15, 0.2) is 47.3 Å². The largest absolute Gasteiger partial charge is 0.351 e. The second-order valence-electron chi connectivity index (χ2n) is 8.07. The number of carbonyl (C=O) groups is 1. The Hall–Kier alpha value is -3.28. The van der Waals surface area contributed by atoms with Crippen LogP contribution >= 0.6 is 0 Å². The number of aryl methyl sites for hydroxylation is 2. The van der Waals surface area contributed by atoms with Gasteiger partial charge in [0.25, 0.3) is 5.91 Å². The van der Waals surface area contributed by atoms with Gasteiger partial charge in [-0.1, -0.05) is 18.2 Å². The summed E-state index contributed by atoms with van der Waals surface area (Å²) in [7, 11) is 0. The summed E-state index contributed by atoms with van der Waals surface area (Å²) in [4.78, 5) is 33.6. The van der Waals surface area contributed by atoms with Crippen LogP contribution in [0.2, 0.25) is 0 Å². The molecule has 1 amide bonds. The Morgan fingerprint density at radius 3 is 2.55 bits per heavy atom. The number of likely N-dealkylation sites (tertiary alicyclic amines) is 1. The lowest BCUT2D eigenvalue weighted by molar-refractivity contribution is 0.0690. The number of H-pyrrole nitrogens is 2. The van der Waals surface area contributed by atoms with Crippen LogP contribution in [0.3, 0.4) is 0 Å². The summed E-state index contributed by atoms with van der Waals surface area (Å²) in [5.74, 6) is 0.0305. The van der Waals surface area contributed by atoms with Crippen molar-refractivity contribution in [2.24, 2.45) is 0 Å². The number of hydrogen-bond acceptors (Lipinski definition) is 2. The van der Waals surface area contributed by atoms with E-state index in [9.17, 15) is 9.59 Å². The number of benzene rings is 2. The molecule has 3 heterocycles. The molecule has 0 bridgehead atoms. The standard InChI is InChI=1S/C23H24N4O2/c1-14-11-15(2)17-13-20(24-19(17)12-14)22(28)26-9-7-16(8-10-26)27-21-6-4-3-5-18(21)25-23(27)29/h3-6,11-13,16,24H,7-10H2,1-2H3,(H,25,29). The molecule has 0 aliphatic carbocycles. The molecule has 1 fully saturated rings. The van der Waals surface area contributed by atoms with Gasteiger partial charge in [-0.25, -0.2) is 4.79 Å². The van der Waals surface area contributed by atoms with Crippen molar-refractivity contribution in [3.63, 3.8) is 0 Å². The number of hydrogen-bond donors (Lipinski definition) is 2. The lowest BCUT2D eigenvalue weighted by atomic mass is 10.0. The molecule has 0 radical (unpaired) electrons. The van der Waals surface area contributed by atoms with Crippen LogP contribution in [0.4, 0.5) is 0 Å². The molecule has 2 N–H and O–H groups in total. The molecule has 6 heteroatoms. The quantitative estimate of drug-likeness (QED) is 0.546. The molecular formula is C23H24N4O2. The summed E-state index contributed by atoms with van der Waals surface area (Å²) in [6, 6.07) is 14.0. The highest BCUT2D eigenvalue weighted by Crippen LogP contribution is 2.27. The molecule has 1 saturated heterocycles. The van der Waals surface area contributed by atoms with E-state index in [1.54, 1.807) is 0 Å². The number of carbonyl (C=O) groups excluding carboxylic acids is 1. The van der Waals surface area contributed by atoms with Crippen LogP contribution in [0.1, 0.15) is 40.5 Å². The van der Waals surface area contributed by atoms with E-state index >= 15 is 0 Å². The van der Waals surface area contributed by atoms with Gasteiger partial charge in [0.05, 0.1) is 11.0 Å². The van der Waals surface area contributed by atoms with Crippen LogP contribution in [0.25, 0.3) is 21.9 Å². The average Bonchev–Trinajstić information content (AvgIpc) is 3.28. The highest BCUT2D eigenvalue weighted by molar-refractivity contribution is 5.99. The predicted octanol–water partition coefficient (Wildman–Crippen LogP) is 3.91. The molecule has 2 aromatic heterocycles. The monoisotopic (exact) mass is 388 g/mol. The van der Waals surface area contributed by atoms with E-state index in [0.717, 1.165) is 34.8 Å². The molecular weight excluding hydrogens is 364 g/mol. The van der Waals surface area contributed by atoms with Gasteiger partial charge < -0.3 is 14.9 Å². The van der Waals surface area contributed by atoms with Crippen molar-refractivity contribution in [3.05, 3.63) is 69.8 Å². The first-order valence-electron chi connectivity index (χ1n) is 10.1. The SMILES string of the molecule is Cc1cc(C)c2cc(C(=O)N3CCC(n4c(=O)[nH]c5ccccc54)CC3)[nH]c2c1. The number of aromatic amines is 2. The summed E-state index contributed by atoms with van der Waals surface area (Å²) in [5, 5.41) is 1.10.